The van der Waals surface area contributed by atoms with Gasteiger partial charge in [-0.3, -0.25) is 0 Å². The lowest BCUT2D eigenvalue weighted by atomic mass is 10.0. The van der Waals surface area contributed by atoms with Crippen molar-refractivity contribution in [3.8, 4) is 0 Å². The summed E-state index contributed by atoms with van der Waals surface area (Å²) in [6.45, 7) is 7.74. The van der Waals surface area contributed by atoms with Crippen LogP contribution in [0.2, 0.25) is 0 Å². The highest BCUT2D eigenvalue weighted by molar-refractivity contribution is 7.89. The van der Waals surface area contributed by atoms with Crippen LogP contribution in [0.4, 0.5) is 0 Å². The van der Waals surface area contributed by atoms with E-state index in [1.807, 2.05) is 27.7 Å². The highest BCUT2D eigenvalue weighted by Crippen LogP contribution is 2.32. The van der Waals surface area contributed by atoms with Gasteiger partial charge in [-0.2, -0.15) is 8.61 Å². The van der Waals surface area contributed by atoms with E-state index in [1.165, 1.54) is 24.3 Å². The van der Waals surface area contributed by atoms with Gasteiger partial charge in [-0.15, -0.1) is 0 Å². The SMILES string of the molecule is C[C@@H]1CCC[C@@H](C)N1S(=O)(=O)c1ccc(S(=O)(=O)N2[C@@H](C)CCC[C@@H]2C)cc1. The second kappa shape index (κ2) is 8.05. The summed E-state index contributed by atoms with van der Waals surface area (Å²) in [6, 6.07) is 5.56. The molecular weight excluding hydrogens is 396 g/mol. The van der Waals surface area contributed by atoms with Crippen LogP contribution in [0.5, 0.6) is 0 Å². The van der Waals surface area contributed by atoms with Crippen LogP contribution in [0.15, 0.2) is 34.1 Å². The van der Waals surface area contributed by atoms with Gasteiger partial charge >= 0.3 is 0 Å². The molecule has 0 aliphatic carbocycles. The van der Waals surface area contributed by atoms with Gasteiger partial charge in [0, 0.05) is 24.2 Å². The number of hydrogen-bond donors (Lipinski definition) is 0. The van der Waals surface area contributed by atoms with Crippen molar-refractivity contribution >= 4 is 20.0 Å². The van der Waals surface area contributed by atoms with Crippen LogP contribution in [0.1, 0.15) is 66.2 Å². The largest absolute Gasteiger partial charge is 0.243 e. The highest BCUT2D eigenvalue weighted by Gasteiger charge is 2.37. The van der Waals surface area contributed by atoms with E-state index in [0.717, 1.165) is 38.5 Å². The normalized spacial score (nSPS) is 31.0. The minimum Gasteiger partial charge on any atom is -0.207 e. The molecule has 0 amide bonds. The third-order valence-electron chi connectivity index (χ3n) is 6.20. The van der Waals surface area contributed by atoms with Crippen LogP contribution in [-0.4, -0.2) is 49.6 Å². The van der Waals surface area contributed by atoms with Crippen LogP contribution in [0, 0.1) is 0 Å². The number of sulfonamides is 2. The van der Waals surface area contributed by atoms with Crippen molar-refractivity contribution in [1.29, 1.82) is 0 Å². The fourth-order valence-corrected chi connectivity index (χ4v) is 8.53. The zero-order valence-corrected chi connectivity index (χ0v) is 18.8. The van der Waals surface area contributed by atoms with Crippen molar-refractivity contribution in [3.63, 3.8) is 0 Å². The molecule has 2 aliphatic rings. The molecule has 0 radical (unpaired) electrons. The van der Waals surface area contributed by atoms with Crippen LogP contribution >= 0.6 is 0 Å². The zero-order valence-electron chi connectivity index (χ0n) is 17.2. The standard InChI is InChI=1S/C20H32N2O4S2/c1-15-7-5-8-16(2)21(15)27(23,24)19-11-13-20(14-12-19)28(25,26)22-17(3)9-6-10-18(22)4/h11-18H,5-10H2,1-4H3/t15-,16-,17+,18+. The molecule has 0 unspecified atom stereocenters. The molecule has 0 bridgehead atoms. The third kappa shape index (κ3) is 3.88. The Morgan fingerprint density at radius 3 is 1.11 bits per heavy atom. The molecule has 0 aromatic heterocycles. The van der Waals surface area contributed by atoms with Crippen molar-refractivity contribution in [1.82, 2.24) is 8.61 Å². The van der Waals surface area contributed by atoms with Crippen molar-refractivity contribution in [2.24, 2.45) is 0 Å². The number of rotatable bonds is 4. The van der Waals surface area contributed by atoms with Gasteiger partial charge in [0.25, 0.3) is 0 Å². The predicted octanol–water partition coefficient (Wildman–Crippen LogP) is 3.59. The van der Waals surface area contributed by atoms with Gasteiger partial charge in [0.05, 0.1) is 9.79 Å². The number of hydrogen-bond acceptors (Lipinski definition) is 4. The van der Waals surface area contributed by atoms with E-state index in [-0.39, 0.29) is 34.0 Å². The third-order valence-corrected chi connectivity index (χ3v) is 10.5. The van der Waals surface area contributed by atoms with Crippen LogP contribution in [0.25, 0.3) is 0 Å². The van der Waals surface area contributed by atoms with E-state index in [4.69, 9.17) is 0 Å². The molecule has 28 heavy (non-hydrogen) atoms. The molecule has 4 atom stereocenters. The van der Waals surface area contributed by atoms with Crippen molar-refractivity contribution in [3.05, 3.63) is 24.3 Å². The maximum atomic E-state index is 13.1. The Morgan fingerprint density at radius 1 is 0.607 bits per heavy atom. The van der Waals surface area contributed by atoms with Gasteiger partial charge < -0.3 is 0 Å². The molecule has 1 aromatic rings. The Morgan fingerprint density at radius 2 is 0.857 bits per heavy atom. The lowest BCUT2D eigenvalue weighted by molar-refractivity contribution is 0.203. The average molecular weight is 429 g/mol. The Kier molecular flexibility index (Phi) is 6.25. The summed E-state index contributed by atoms with van der Waals surface area (Å²) in [6.07, 6.45) is 5.44. The highest BCUT2D eigenvalue weighted by atomic mass is 32.2. The first kappa shape index (κ1) is 21.7. The van der Waals surface area contributed by atoms with Crippen LogP contribution < -0.4 is 0 Å². The minimum atomic E-state index is -3.64. The minimum absolute atomic E-state index is 0.0489. The molecule has 158 valence electrons. The first-order valence-electron chi connectivity index (χ1n) is 10.2. The second-order valence-electron chi connectivity index (χ2n) is 8.40. The van der Waals surface area contributed by atoms with Gasteiger partial charge in [0.2, 0.25) is 20.0 Å². The van der Waals surface area contributed by atoms with Gasteiger partial charge in [-0.25, -0.2) is 16.8 Å². The fourth-order valence-electron chi connectivity index (χ4n) is 4.77. The van der Waals surface area contributed by atoms with Crippen LogP contribution in [-0.2, 0) is 20.0 Å². The molecule has 8 heteroatoms. The second-order valence-corrected chi connectivity index (χ2v) is 12.1. The van der Waals surface area contributed by atoms with E-state index < -0.39 is 20.0 Å². The molecule has 2 saturated heterocycles. The molecule has 6 nitrogen and oxygen atoms in total. The quantitative estimate of drug-likeness (QED) is 0.734. The number of benzene rings is 1. The molecule has 1 aromatic carbocycles. The van der Waals surface area contributed by atoms with Crippen molar-refractivity contribution < 1.29 is 16.8 Å². The molecular formula is C20H32N2O4S2. The summed E-state index contributed by atoms with van der Waals surface area (Å²) in [7, 11) is -7.29. The molecule has 0 spiro atoms. The average Bonchev–Trinajstić information content (AvgIpc) is 2.61. The lowest BCUT2D eigenvalue weighted by Gasteiger charge is -2.38. The Bertz CT molecular complexity index is 802. The van der Waals surface area contributed by atoms with Gasteiger partial charge in [0.15, 0.2) is 0 Å². The van der Waals surface area contributed by atoms with E-state index in [9.17, 15) is 16.8 Å². The fraction of sp³-hybridized carbons (Fsp3) is 0.700. The molecule has 0 saturated carbocycles. The molecule has 2 fully saturated rings. The summed E-state index contributed by atoms with van der Waals surface area (Å²) < 4.78 is 55.7. The Hall–Kier alpha value is -0.960. The first-order valence-corrected chi connectivity index (χ1v) is 13.1. The molecule has 2 aliphatic heterocycles. The van der Waals surface area contributed by atoms with Crippen molar-refractivity contribution in [2.75, 3.05) is 0 Å². The predicted molar refractivity (Wildman–Crippen MR) is 110 cm³/mol. The van der Waals surface area contributed by atoms with Gasteiger partial charge in [0.1, 0.15) is 0 Å². The van der Waals surface area contributed by atoms with E-state index >= 15 is 0 Å². The summed E-state index contributed by atoms with van der Waals surface area (Å²) in [4.78, 5) is 0.318. The van der Waals surface area contributed by atoms with E-state index in [1.54, 1.807) is 8.61 Å². The zero-order chi connectivity index (χ0) is 20.7. The van der Waals surface area contributed by atoms with Gasteiger partial charge in [-0.1, -0.05) is 12.8 Å². The Labute approximate surface area is 170 Å². The molecule has 0 N–H and O–H groups in total. The maximum Gasteiger partial charge on any atom is 0.243 e. The Balaban J connectivity index is 1.91. The summed E-state index contributed by atoms with van der Waals surface area (Å²) in [5.74, 6) is 0. The maximum absolute atomic E-state index is 13.1. The monoisotopic (exact) mass is 428 g/mol. The lowest BCUT2D eigenvalue weighted by Crippen LogP contribution is -2.47. The van der Waals surface area contributed by atoms with E-state index in [2.05, 4.69) is 0 Å². The summed E-state index contributed by atoms with van der Waals surface area (Å²) in [5.41, 5.74) is 0. The summed E-state index contributed by atoms with van der Waals surface area (Å²) >= 11 is 0. The topological polar surface area (TPSA) is 74.8 Å². The van der Waals surface area contributed by atoms with E-state index in [0.29, 0.717) is 0 Å². The van der Waals surface area contributed by atoms with Crippen molar-refractivity contribution in [2.45, 2.75) is 100 Å². The van der Waals surface area contributed by atoms with Crippen LogP contribution in [0.3, 0.4) is 0 Å². The number of piperidine rings is 2. The molecule has 3 rings (SSSR count). The molecule has 2 heterocycles. The summed E-state index contributed by atoms with van der Waals surface area (Å²) in [5, 5.41) is 0. The van der Waals surface area contributed by atoms with Gasteiger partial charge in [-0.05, 0) is 77.6 Å². The smallest absolute Gasteiger partial charge is 0.207 e. The number of nitrogens with zero attached hydrogens (tertiary/aromatic N) is 2. The first-order chi connectivity index (χ1) is 13.1.